The van der Waals surface area contributed by atoms with Crippen LogP contribution in [0.2, 0.25) is 0 Å². The van der Waals surface area contributed by atoms with Crippen molar-refractivity contribution in [2.24, 2.45) is 5.10 Å². The Hall–Kier alpha value is -3.04. The van der Waals surface area contributed by atoms with Gasteiger partial charge < -0.3 is 10.1 Å². The normalized spacial score (nSPS) is 16.1. The number of nitrogens with zero attached hydrogens (tertiary/aromatic N) is 2. The van der Waals surface area contributed by atoms with Gasteiger partial charge >= 0.3 is 16.3 Å². The molecule has 1 aromatic carbocycles. The third kappa shape index (κ3) is 6.51. The second-order valence-electron chi connectivity index (χ2n) is 8.17. The standard InChI is InChI=1S/C19H23BrFN7O5S/c1-19(2,3)33-18(30)28-34(31,32)24-7-6-22-16-11(9-23-26-16)15-14(17(29)27-25-15)10-4-5-13(21)12(20)8-10/h4-5,8-9,14,24H,6-7H2,1-3H3,(H,27,29)(H,28,30)(H2,22,23,26). The van der Waals surface area contributed by atoms with Crippen molar-refractivity contribution in [1.82, 2.24) is 25.1 Å². The zero-order valence-corrected chi connectivity index (χ0v) is 20.8. The molecule has 0 fully saturated rings. The van der Waals surface area contributed by atoms with E-state index in [0.717, 1.165) is 0 Å². The number of aromatic nitrogens is 2. The number of amides is 2. The SMILES string of the molecule is CC(C)(C)OC(=O)NS(=O)(=O)NCCNc1[nH]ncc1C1=NNC(=O)C1c1ccc(F)c(Br)c1. The van der Waals surface area contributed by atoms with E-state index in [9.17, 15) is 22.4 Å². The molecule has 1 aliphatic rings. The van der Waals surface area contributed by atoms with Gasteiger partial charge in [-0.15, -0.1) is 0 Å². The molecule has 0 saturated carbocycles. The minimum atomic E-state index is -4.13. The summed E-state index contributed by atoms with van der Waals surface area (Å²) >= 11 is 3.12. The molecular weight excluding hydrogens is 537 g/mol. The first-order chi connectivity index (χ1) is 15.9. The maximum absolute atomic E-state index is 13.6. The molecule has 12 nitrogen and oxygen atoms in total. The highest BCUT2D eigenvalue weighted by Crippen LogP contribution is 2.30. The molecule has 1 unspecified atom stereocenters. The van der Waals surface area contributed by atoms with Crippen LogP contribution in [0, 0.1) is 5.82 Å². The number of carbonyl (C=O) groups excluding carboxylic acids is 2. The summed E-state index contributed by atoms with van der Waals surface area (Å²) in [5.41, 5.74) is 2.92. The van der Waals surface area contributed by atoms with E-state index in [4.69, 9.17) is 4.74 Å². The summed E-state index contributed by atoms with van der Waals surface area (Å²) in [6.45, 7) is 4.83. The molecule has 1 aromatic heterocycles. The van der Waals surface area contributed by atoms with Gasteiger partial charge in [-0.05, 0) is 54.4 Å². The molecule has 1 atom stereocenters. The average molecular weight is 560 g/mol. The Bertz CT molecular complexity index is 1230. The van der Waals surface area contributed by atoms with Crippen LogP contribution < -0.4 is 20.2 Å². The zero-order valence-electron chi connectivity index (χ0n) is 18.4. The Morgan fingerprint density at radius 1 is 1.29 bits per heavy atom. The summed E-state index contributed by atoms with van der Waals surface area (Å²) in [5.74, 6) is -1.26. The number of ether oxygens (including phenoxy) is 1. The summed E-state index contributed by atoms with van der Waals surface area (Å²) < 4.78 is 46.7. The number of anilines is 1. The van der Waals surface area contributed by atoms with Crippen molar-refractivity contribution in [1.29, 1.82) is 0 Å². The quantitative estimate of drug-likeness (QED) is 0.307. The fourth-order valence-electron chi connectivity index (χ4n) is 3.02. The van der Waals surface area contributed by atoms with Crippen molar-refractivity contribution in [2.45, 2.75) is 32.3 Å². The molecule has 2 amide bonds. The van der Waals surface area contributed by atoms with Crippen LogP contribution >= 0.6 is 15.9 Å². The molecule has 0 spiro atoms. The molecule has 0 radical (unpaired) electrons. The molecule has 34 heavy (non-hydrogen) atoms. The highest BCUT2D eigenvalue weighted by atomic mass is 79.9. The van der Waals surface area contributed by atoms with Crippen molar-refractivity contribution in [3.05, 3.63) is 45.8 Å². The number of hydrogen-bond donors (Lipinski definition) is 5. The van der Waals surface area contributed by atoms with E-state index in [1.165, 1.54) is 24.4 Å². The van der Waals surface area contributed by atoms with E-state index in [2.05, 4.69) is 46.7 Å². The monoisotopic (exact) mass is 559 g/mol. The smallest absolute Gasteiger partial charge is 0.422 e. The molecule has 0 aliphatic carbocycles. The lowest BCUT2D eigenvalue weighted by Gasteiger charge is -2.19. The molecule has 3 rings (SSSR count). The van der Waals surface area contributed by atoms with Crippen LogP contribution in [0.15, 0.2) is 34.0 Å². The number of H-pyrrole nitrogens is 1. The van der Waals surface area contributed by atoms with Crippen molar-refractivity contribution < 1.29 is 27.1 Å². The molecule has 2 aromatic rings. The third-order valence-electron chi connectivity index (χ3n) is 4.35. The van der Waals surface area contributed by atoms with Crippen LogP contribution in [0.4, 0.5) is 15.0 Å². The van der Waals surface area contributed by atoms with E-state index < -0.39 is 33.6 Å². The number of carbonyl (C=O) groups is 2. The Kier molecular flexibility index (Phi) is 7.57. The van der Waals surface area contributed by atoms with Gasteiger partial charge in [0.25, 0.3) is 5.91 Å². The first-order valence-electron chi connectivity index (χ1n) is 9.96. The molecular formula is C19H23BrFN7O5S. The van der Waals surface area contributed by atoms with Crippen LogP contribution in [0.1, 0.15) is 37.8 Å². The summed E-state index contributed by atoms with van der Waals surface area (Å²) in [4.78, 5) is 24.1. The van der Waals surface area contributed by atoms with Gasteiger partial charge in [-0.1, -0.05) is 6.07 Å². The van der Waals surface area contributed by atoms with Crippen LogP contribution in [-0.4, -0.2) is 55.0 Å². The first-order valence-corrected chi connectivity index (χ1v) is 12.2. The van der Waals surface area contributed by atoms with Crippen molar-refractivity contribution in [2.75, 3.05) is 18.4 Å². The number of halogens is 2. The Labute approximate surface area is 203 Å². The van der Waals surface area contributed by atoms with Gasteiger partial charge in [0.05, 0.1) is 21.9 Å². The number of aromatic amines is 1. The Balaban J connectivity index is 1.62. The maximum atomic E-state index is 13.6. The van der Waals surface area contributed by atoms with Gasteiger partial charge in [0.2, 0.25) is 0 Å². The second-order valence-corrected chi connectivity index (χ2v) is 10.5. The molecule has 2 heterocycles. The predicted molar refractivity (Wildman–Crippen MR) is 125 cm³/mol. The van der Waals surface area contributed by atoms with E-state index in [-0.39, 0.29) is 23.5 Å². The van der Waals surface area contributed by atoms with Crippen LogP contribution in [0.25, 0.3) is 0 Å². The third-order valence-corrected chi connectivity index (χ3v) is 5.98. The minimum absolute atomic E-state index is 0.0887. The summed E-state index contributed by atoms with van der Waals surface area (Å²) in [7, 11) is -4.13. The van der Waals surface area contributed by atoms with E-state index in [1.54, 1.807) is 25.5 Å². The fraction of sp³-hybridized carbons (Fsp3) is 0.368. The summed E-state index contributed by atoms with van der Waals surface area (Å²) in [6.07, 6.45) is 0.361. The topological polar surface area (TPSA) is 167 Å². The second kappa shape index (κ2) is 10.1. The number of nitrogens with one attached hydrogen (secondary N) is 5. The molecule has 5 N–H and O–H groups in total. The number of rotatable bonds is 8. The van der Waals surface area contributed by atoms with Gasteiger partial charge in [-0.3, -0.25) is 9.89 Å². The van der Waals surface area contributed by atoms with Crippen LogP contribution in [0.5, 0.6) is 0 Å². The fourth-order valence-corrected chi connectivity index (χ4v) is 4.12. The average Bonchev–Trinajstić information content (AvgIpc) is 3.31. The largest absolute Gasteiger partial charge is 0.443 e. The van der Waals surface area contributed by atoms with Gasteiger partial charge in [0, 0.05) is 13.1 Å². The summed E-state index contributed by atoms with van der Waals surface area (Å²) in [5, 5.41) is 13.7. The zero-order chi connectivity index (χ0) is 25.1. The van der Waals surface area contributed by atoms with Gasteiger partial charge in [-0.25, -0.2) is 19.3 Å². The van der Waals surface area contributed by atoms with Crippen LogP contribution in [0.3, 0.4) is 0 Å². The van der Waals surface area contributed by atoms with E-state index in [0.29, 0.717) is 22.7 Å². The number of benzene rings is 1. The maximum Gasteiger partial charge on any atom is 0.422 e. The van der Waals surface area contributed by atoms with Gasteiger partial charge in [0.15, 0.2) is 0 Å². The molecule has 15 heteroatoms. The number of hydrazone groups is 1. The van der Waals surface area contributed by atoms with Crippen molar-refractivity contribution >= 4 is 49.7 Å². The Morgan fingerprint density at radius 3 is 2.71 bits per heavy atom. The van der Waals surface area contributed by atoms with E-state index in [1.807, 2.05) is 0 Å². The minimum Gasteiger partial charge on any atom is -0.443 e. The molecule has 1 aliphatic heterocycles. The van der Waals surface area contributed by atoms with E-state index >= 15 is 0 Å². The molecule has 0 bridgehead atoms. The summed E-state index contributed by atoms with van der Waals surface area (Å²) in [6, 6.07) is 4.24. The highest BCUT2D eigenvalue weighted by Gasteiger charge is 2.34. The molecule has 0 saturated heterocycles. The van der Waals surface area contributed by atoms with Crippen molar-refractivity contribution in [3.63, 3.8) is 0 Å². The van der Waals surface area contributed by atoms with Crippen molar-refractivity contribution in [3.8, 4) is 0 Å². The first kappa shape index (κ1) is 25.6. The lowest BCUT2D eigenvalue weighted by atomic mass is 9.91. The highest BCUT2D eigenvalue weighted by molar-refractivity contribution is 9.10. The van der Waals surface area contributed by atoms with Gasteiger partial charge in [0.1, 0.15) is 23.2 Å². The number of hydrogen-bond acceptors (Lipinski definition) is 8. The lowest BCUT2D eigenvalue weighted by molar-refractivity contribution is -0.120. The van der Waals surface area contributed by atoms with Gasteiger partial charge in [-0.2, -0.15) is 23.3 Å². The lowest BCUT2D eigenvalue weighted by Crippen LogP contribution is -2.44. The molecule has 184 valence electrons. The van der Waals surface area contributed by atoms with Crippen LogP contribution in [-0.2, 0) is 19.7 Å². The predicted octanol–water partition coefficient (Wildman–Crippen LogP) is 1.70. The Morgan fingerprint density at radius 2 is 2.03 bits per heavy atom.